The van der Waals surface area contributed by atoms with Gasteiger partial charge >= 0.3 is 5.69 Å². The minimum absolute atomic E-state index is 0.0797. The highest BCUT2D eigenvalue weighted by Gasteiger charge is 2.15. The monoisotopic (exact) mass is 426 g/mol. The molecule has 30 heavy (non-hydrogen) atoms. The van der Waals surface area contributed by atoms with Gasteiger partial charge in [-0.15, -0.1) is 0 Å². The molecule has 0 unspecified atom stereocenters. The van der Waals surface area contributed by atoms with E-state index < -0.39 is 21.7 Å². The van der Waals surface area contributed by atoms with Crippen molar-refractivity contribution in [2.45, 2.75) is 4.90 Å². The molecule has 152 valence electrons. The molecule has 1 amide bonds. The van der Waals surface area contributed by atoms with Gasteiger partial charge in [-0.05, 0) is 66.7 Å². The summed E-state index contributed by atoms with van der Waals surface area (Å²) in [5.41, 5.74) is 1.89. The van der Waals surface area contributed by atoms with Crippen molar-refractivity contribution in [3.8, 4) is 0 Å². The maximum Gasteiger partial charge on any atom is 0.323 e. The van der Waals surface area contributed by atoms with Crippen molar-refractivity contribution in [1.29, 1.82) is 0 Å². The van der Waals surface area contributed by atoms with E-state index in [-0.39, 0.29) is 16.3 Å². The molecule has 0 bridgehead atoms. The van der Waals surface area contributed by atoms with Crippen LogP contribution in [0, 0.1) is 5.82 Å². The molecule has 0 saturated heterocycles. The fourth-order valence-corrected chi connectivity index (χ4v) is 3.89. The molecule has 3 aromatic carbocycles. The molecular formula is C20H15FN4O4S. The molecule has 8 nitrogen and oxygen atoms in total. The zero-order valence-corrected chi connectivity index (χ0v) is 16.1. The van der Waals surface area contributed by atoms with Crippen LogP contribution in [0.5, 0.6) is 0 Å². The third-order valence-corrected chi connectivity index (χ3v) is 5.69. The third-order valence-electron chi connectivity index (χ3n) is 4.30. The number of sulfonamides is 1. The van der Waals surface area contributed by atoms with Gasteiger partial charge in [0.15, 0.2) is 0 Å². The van der Waals surface area contributed by atoms with E-state index in [0.29, 0.717) is 22.3 Å². The van der Waals surface area contributed by atoms with Gasteiger partial charge in [-0.3, -0.25) is 9.52 Å². The van der Waals surface area contributed by atoms with E-state index in [4.69, 9.17) is 0 Å². The number of hydrogen-bond donors (Lipinski definition) is 4. The number of carbonyl (C=O) groups excluding carboxylic acids is 1. The number of benzene rings is 3. The van der Waals surface area contributed by atoms with Crippen LogP contribution in [0.3, 0.4) is 0 Å². The van der Waals surface area contributed by atoms with Gasteiger partial charge in [0.25, 0.3) is 15.9 Å². The largest absolute Gasteiger partial charge is 0.323 e. The first-order valence-electron chi connectivity index (χ1n) is 8.72. The Kier molecular flexibility index (Phi) is 4.84. The van der Waals surface area contributed by atoms with E-state index in [2.05, 4.69) is 20.0 Å². The summed E-state index contributed by atoms with van der Waals surface area (Å²) in [6.07, 6.45) is 0. The van der Waals surface area contributed by atoms with Crippen molar-refractivity contribution in [3.05, 3.63) is 88.6 Å². The van der Waals surface area contributed by atoms with Crippen LogP contribution in [-0.2, 0) is 10.0 Å². The second-order valence-corrected chi connectivity index (χ2v) is 8.11. The van der Waals surface area contributed by atoms with Crippen LogP contribution in [0.25, 0.3) is 11.0 Å². The van der Waals surface area contributed by atoms with Crippen molar-refractivity contribution < 1.29 is 17.6 Å². The number of H-pyrrole nitrogens is 2. The fourth-order valence-electron chi connectivity index (χ4n) is 2.83. The molecule has 4 rings (SSSR count). The molecule has 0 spiro atoms. The number of carbonyl (C=O) groups is 1. The van der Waals surface area contributed by atoms with Crippen molar-refractivity contribution in [3.63, 3.8) is 0 Å². The quantitative estimate of drug-likeness (QED) is 0.392. The number of imidazole rings is 1. The first kappa shape index (κ1) is 19.4. The highest BCUT2D eigenvalue weighted by Crippen LogP contribution is 2.19. The average Bonchev–Trinajstić information content (AvgIpc) is 3.08. The molecule has 4 N–H and O–H groups in total. The van der Waals surface area contributed by atoms with Gasteiger partial charge in [-0.25, -0.2) is 17.6 Å². The van der Waals surface area contributed by atoms with E-state index in [9.17, 15) is 22.4 Å². The number of aromatic nitrogens is 2. The Labute approximate surface area is 169 Å². The highest BCUT2D eigenvalue weighted by molar-refractivity contribution is 7.92. The normalized spacial score (nSPS) is 11.4. The number of rotatable bonds is 5. The Bertz CT molecular complexity index is 1390. The van der Waals surface area contributed by atoms with Gasteiger partial charge in [-0.2, -0.15) is 0 Å². The summed E-state index contributed by atoms with van der Waals surface area (Å²) in [5.74, 6) is -0.938. The average molecular weight is 426 g/mol. The number of halogens is 1. The van der Waals surface area contributed by atoms with Gasteiger partial charge in [0.05, 0.1) is 15.9 Å². The molecule has 0 aliphatic carbocycles. The van der Waals surface area contributed by atoms with E-state index in [1.807, 2.05) is 0 Å². The lowest BCUT2D eigenvalue weighted by Crippen LogP contribution is -2.14. The Morgan fingerprint density at radius 1 is 0.833 bits per heavy atom. The predicted octanol–water partition coefficient (Wildman–Crippen LogP) is 3.05. The third kappa shape index (κ3) is 4.08. The zero-order valence-electron chi connectivity index (χ0n) is 15.3. The lowest BCUT2D eigenvalue weighted by molar-refractivity contribution is 0.102. The zero-order chi connectivity index (χ0) is 21.3. The fraction of sp³-hybridized carbons (Fsp3) is 0. The summed E-state index contributed by atoms with van der Waals surface area (Å²) >= 11 is 0. The summed E-state index contributed by atoms with van der Waals surface area (Å²) in [5, 5.41) is 2.71. The molecule has 1 heterocycles. The van der Waals surface area contributed by atoms with Gasteiger partial charge in [0.2, 0.25) is 0 Å². The van der Waals surface area contributed by atoms with Crippen LogP contribution in [0.15, 0.2) is 76.4 Å². The second kappa shape index (κ2) is 7.48. The van der Waals surface area contributed by atoms with E-state index in [1.165, 1.54) is 24.3 Å². The SMILES string of the molecule is O=C(Nc1ccc2[nH]c(=O)[nH]c2c1)c1ccc(NS(=O)(=O)c2ccc(F)cc2)cc1. The highest BCUT2D eigenvalue weighted by atomic mass is 32.2. The molecule has 4 aromatic rings. The van der Waals surface area contributed by atoms with E-state index >= 15 is 0 Å². The van der Waals surface area contributed by atoms with Crippen molar-refractivity contribution in [2.75, 3.05) is 10.0 Å². The molecule has 0 aliphatic heterocycles. The number of amides is 1. The van der Waals surface area contributed by atoms with Crippen LogP contribution < -0.4 is 15.7 Å². The summed E-state index contributed by atoms with van der Waals surface area (Å²) < 4.78 is 40.0. The number of hydrogen-bond acceptors (Lipinski definition) is 4. The number of fused-ring (bicyclic) bond motifs is 1. The minimum atomic E-state index is -3.88. The van der Waals surface area contributed by atoms with Gasteiger partial charge < -0.3 is 15.3 Å². The maximum absolute atomic E-state index is 13.0. The second-order valence-electron chi connectivity index (χ2n) is 6.43. The summed E-state index contributed by atoms with van der Waals surface area (Å²) in [6.45, 7) is 0. The van der Waals surface area contributed by atoms with Crippen LogP contribution in [0.4, 0.5) is 15.8 Å². The van der Waals surface area contributed by atoms with E-state index in [1.54, 1.807) is 18.2 Å². The smallest absolute Gasteiger partial charge is 0.322 e. The Hall–Kier alpha value is -3.92. The summed E-state index contributed by atoms with van der Waals surface area (Å²) in [6, 6.07) is 15.2. The first-order valence-corrected chi connectivity index (χ1v) is 10.2. The Morgan fingerprint density at radius 3 is 2.17 bits per heavy atom. The number of anilines is 2. The predicted molar refractivity (Wildman–Crippen MR) is 111 cm³/mol. The van der Waals surface area contributed by atoms with Gasteiger partial charge in [0, 0.05) is 16.9 Å². The van der Waals surface area contributed by atoms with Crippen molar-refractivity contribution in [2.24, 2.45) is 0 Å². The standard InChI is InChI=1S/C20H15FN4O4S/c21-13-3-8-16(9-4-13)30(28,29)25-14-5-1-12(2-6-14)19(26)22-15-7-10-17-18(11-15)24-20(27)23-17/h1-11,25H,(H,22,26)(H2,23,24,27). The van der Waals surface area contributed by atoms with E-state index in [0.717, 1.165) is 24.3 Å². The topological polar surface area (TPSA) is 124 Å². The molecule has 0 fully saturated rings. The summed E-state index contributed by atoms with van der Waals surface area (Å²) in [7, 11) is -3.88. The molecule has 1 aromatic heterocycles. The van der Waals surface area contributed by atoms with Gasteiger partial charge in [-0.1, -0.05) is 0 Å². The Balaban J connectivity index is 1.47. The van der Waals surface area contributed by atoms with Crippen LogP contribution in [-0.4, -0.2) is 24.3 Å². The molecule has 0 radical (unpaired) electrons. The molecule has 0 saturated carbocycles. The molecular weight excluding hydrogens is 411 g/mol. The van der Waals surface area contributed by atoms with Crippen LogP contribution in [0.2, 0.25) is 0 Å². The van der Waals surface area contributed by atoms with Crippen molar-refractivity contribution >= 4 is 38.3 Å². The van der Waals surface area contributed by atoms with Crippen molar-refractivity contribution in [1.82, 2.24) is 9.97 Å². The summed E-state index contributed by atoms with van der Waals surface area (Å²) in [4.78, 5) is 28.9. The molecule has 10 heteroatoms. The molecule has 0 aliphatic rings. The van der Waals surface area contributed by atoms with Crippen LogP contribution in [0.1, 0.15) is 10.4 Å². The number of nitrogens with one attached hydrogen (secondary N) is 4. The number of aromatic amines is 2. The Morgan fingerprint density at radius 2 is 1.47 bits per heavy atom. The lowest BCUT2D eigenvalue weighted by atomic mass is 10.2. The van der Waals surface area contributed by atoms with Gasteiger partial charge in [0.1, 0.15) is 5.82 Å². The maximum atomic E-state index is 13.0. The lowest BCUT2D eigenvalue weighted by Gasteiger charge is -2.09. The first-order chi connectivity index (χ1) is 14.3. The van der Waals surface area contributed by atoms with Crippen LogP contribution >= 0.6 is 0 Å². The minimum Gasteiger partial charge on any atom is -0.322 e. The molecule has 0 atom stereocenters.